The Kier molecular flexibility index (Phi) is 43.0. The van der Waals surface area contributed by atoms with E-state index in [-0.39, 0.29) is 0 Å². The molecule has 0 saturated carbocycles. The van der Waals surface area contributed by atoms with Crippen LogP contribution in [-0.2, 0) is 0 Å². The lowest BCUT2D eigenvalue weighted by Crippen LogP contribution is -1.82. The molecule has 3 N–H and O–H groups in total. The highest BCUT2D eigenvalue weighted by atomic mass is 16.3. The van der Waals surface area contributed by atoms with Crippen molar-refractivity contribution in [2.75, 3.05) is 19.8 Å². The summed E-state index contributed by atoms with van der Waals surface area (Å²) < 4.78 is 0. The second-order valence-electron chi connectivity index (χ2n) is 7.47. The molecule has 0 aromatic rings. The van der Waals surface area contributed by atoms with Crippen LogP contribution in [0.1, 0.15) is 136 Å². The molecular weight excluding hydrogens is 336 g/mol. The first-order valence-corrected chi connectivity index (χ1v) is 12.1. The van der Waals surface area contributed by atoms with Crippen LogP contribution in [0, 0.1) is 0 Å². The molecule has 0 unspecified atom stereocenters. The molecule has 0 fully saturated rings. The van der Waals surface area contributed by atoms with Crippen molar-refractivity contribution in [3.05, 3.63) is 0 Å². The van der Waals surface area contributed by atoms with E-state index < -0.39 is 0 Å². The molecule has 0 aromatic heterocycles. The Labute approximate surface area is 172 Å². The standard InChI is InChI=1S/3C8H18O/c3*1-2-3-4-5-6-7-8-9/h3*9H,2-8H2,1H3. The molecule has 3 heteroatoms. The fraction of sp³-hybridized carbons (Fsp3) is 1.00. The maximum Gasteiger partial charge on any atom is 0.0431 e. The third-order valence-corrected chi connectivity index (χ3v) is 4.54. The summed E-state index contributed by atoms with van der Waals surface area (Å²) in [5.74, 6) is 0. The number of aliphatic hydroxyl groups excluding tert-OH is 3. The summed E-state index contributed by atoms with van der Waals surface area (Å²) in [6.45, 7) is 7.74. The largest absolute Gasteiger partial charge is 0.396 e. The van der Waals surface area contributed by atoms with Gasteiger partial charge in [-0.2, -0.15) is 0 Å². The van der Waals surface area contributed by atoms with E-state index in [0.29, 0.717) is 19.8 Å². The number of hydrogen-bond donors (Lipinski definition) is 3. The fourth-order valence-electron chi connectivity index (χ4n) is 2.68. The number of rotatable bonds is 18. The van der Waals surface area contributed by atoms with Crippen molar-refractivity contribution >= 4 is 0 Å². The number of unbranched alkanes of at least 4 members (excludes halogenated alkanes) is 15. The normalized spacial score (nSPS) is 10.0. The molecule has 0 bridgehead atoms. The smallest absolute Gasteiger partial charge is 0.0431 e. The Morgan fingerprint density at radius 3 is 0.667 bits per heavy atom. The summed E-state index contributed by atoms with van der Waals surface area (Å²) in [5, 5.41) is 25.3. The Hall–Kier alpha value is -0.120. The van der Waals surface area contributed by atoms with Gasteiger partial charge in [-0.05, 0) is 19.3 Å². The maximum absolute atomic E-state index is 8.42. The average molecular weight is 391 g/mol. The van der Waals surface area contributed by atoms with Gasteiger partial charge in [0.25, 0.3) is 0 Å². The van der Waals surface area contributed by atoms with E-state index in [2.05, 4.69) is 20.8 Å². The third-order valence-electron chi connectivity index (χ3n) is 4.54. The minimum atomic E-state index is 0.367. The predicted molar refractivity (Wildman–Crippen MR) is 121 cm³/mol. The quantitative estimate of drug-likeness (QED) is 0.220. The lowest BCUT2D eigenvalue weighted by Gasteiger charge is -1.95. The van der Waals surface area contributed by atoms with E-state index in [1.165, 1.54) is 96.3 Å². The molecular formula is C24H54O3. The van der Waals surface area contributed by atoms with Gasteiger partial charge < -0.3 is 15.3 Å². The molecule has 168 valence electrons. The molecule has 0 rings (SSSR count). The van der Waals surface area contributed by atoms with Crippen LogP contribution in [0.3, 0.4) is 0 Å². The van der Waals surface area contributed by atoms with E-state index >= 15 is 0 Å². The highest BCUT2D eigenvalue weighted by Gasteiger charge is 1.87. The van der Waals surface area contributed by atoms with Gasteiger partial charge in [0.1, 0.15) is 0 Å². The van der Waals surface area contributed by atoms with E-state index in [0.717, 1.165) is 19.3 Å². The Morgan fingerprint density at radius 1 is 0.296 bits per heavy atom. The van der Waals surface area contributed by atoms with Crippen LogP contribution in [0.5, 0.6) is 0 Å². The van der Waals surface area contributed by atoms with Crippen LogP contribution in [-0.4, -0.2) is 35.1 Å². The van der Waals surface area contributed by atoms with Gasteiger partial charge in [0.05, 0.1) is 0 Å². The number of aliphatic hydroxyl groups is 3. The molecule has 0 amide bonds. The molecule has 0 aromatic carbocycles. The van der Waals surface area contributed by atoms with Gasteiger partial charge in [0.2, 0.25) is 0 Å². The second-order valence-corrected chi connectivity index (χ2v) is 7.47. The van der Waals surface area contributed by atoms with Crippen LogP contribution < -0.4 is 0 Å². The van der Waals surface area contributed by atoms with Crippen molar-refractivity contribution in [2.45, 2.75) is 136 Å². The van der Waals surface area contributed by atoms with E-state index in [1.807, 2.05) is 0 Å². The summed E-state index contributed by atoms with van der Waals surface area (Å²) in [6.07, 6.45) is 22.5. The zero-order valence-electron chi connectivity index (χ0n) is 19.2. The first-order valence-electron chi connectivity index (χ1n) is 12.1. The summed E-state index contributed by atoms with van der Waals surface area (Å²) in [6, 6.07) is 0. The van der Waals surface area contributed by atoms with Crippen molar-refractivity contribution in [3.8, 4) is 0 Å². The topological polar surface area (TPSA) is 60.7 Å². The van der Waals surface area contributed by atoms with Crippen LogP contribution in [0.25, 0.3) is 0 Å². The highest BCUT2D eigenvalue weighted by molar-refractivity contribution is 4.43. The molecule has 0 aliphatic carbocycles. The first-order chi connectivity index (χ1) is 13.2. The molecule has 3 nitrogen and oxygen atoms in total. The van der Waals surface area contributed by atoms with Crippen molar-refractivity contribution in [1.29, 1.82) is 0 Å². The zero-order valence-corrected chi connectivity index (χ0v) is 19.2. The van der Waals surface area contributed by atoms with Crippen molar-refractivity contribution in [2.24, 2.45) is 0 Å². The van der Waals surface area contributed by atoms with Gasteiger partial charge >= 0.3 is 0 Å². The van der Waals surface area contributed by atoms with Crippen LogP contribution >= 0.6 is 0 Å². The lowest BCUT2D eigenvalue weighted by molar-refractivity contribution is 0.282. The van der Waals surface area contributed by atoms with Crippen LogP contribution in [0.15, 0.2) is 0 Å². The summed E-state index contributed by atoms with van der Waals surface area (Å²) in [7, 11) is 0. The maximum atomic E-state index is 8.42. The van der Waals surface area contributed by atoms with Gasteiger partial charge in [-0.1, -0.05) is 117 Å². The van der Waals surface area contributed by atoms with Gasteiger partial charge in [-0.25, -0.2) is 0 Å². The zero-order chi connectivity index (χ0) is 20.8. The highest BCUT2D eigenvalue weighted by Crippen LogP contribution is 2.05. The van der Waals surface area contributed by atoms with Gasteiger partial charge in [-0.3, -0.25) is 0 Å². The molecule has 0 atom stereocenters. The molecule has 27 heavy (non-hydrogen) atoms. The van der Waals surface area contributed by atoms with E-state index in [1.54, 1.807) is 0 Å². The Bertz CT molecular complexity index is 147. The first kappa shape index (κ1) is 31.6. The third kappa shape index (κ3) is 46.2. The van der Waals surface area contributed by atoms with Crippen molar-refractivity contribution in [3.63, 3.8) is 0 Å². The molecule has 0 heterocycles. The van der Waals surface area contributed by atoms with Gasteiger partial charge in [0.15, 0.2) is 0 Å². The van der Waals surface area contributed by atoms with E-state index in [9.17, 15) is 0 Å². The monoisotopic (exact) mass is 390 g/mol. The summed E-state index contributed by atoms with van der Waals surface area (Å²) in [4.78, 5) is 0. The Balaban J connectivity index is -0.000000320. The number of hydrogen-bond acceptors (Lipinski definition) is 3. The van der Waals surface area contributed by atoms with Crippen LogP contribution in [0.4, 0.5) is 0 Å². The van der Waals surface area contributed by atoms with Gasteiger partial charge in [-0.15, -0.1) is 0 Å². The molecule has 0 aliphatic rings. The Morgan fingerprint density at radius 2 is 0.481 bits per heavy atom. The second kappa shape index (κ2) is 36.7. The lowest BCUT2D eigenvalue weighted by atomic mass is 10.1. The van der Waals surface area contributed by atoms with Crippen molar-refractivity contribution < 1.29 is 15.3 Å². The predicted octanol–water partition coefficient (Wildman–Crippen LogP) is 7.02. The van der Waals surface area contributed by atoms with Gasteiger partial charge in [0, 0.05) is 19.8 Å². The molecule has 0 spiro atoms. The minimum Gasteiger partial charge on any atom is -0.396 e. The summed E-state index contributed by atoms with van der Waals surface area (Å²) in [5.41, 5.74) is 0. The van der Waals surface area contributed by atoms with Crippen LogP contribution in [0.2, 0.25) is 0 Å². The SMILES string of the molecule is CCCCCCCCO.CCCCCCCCO.CCCCCCCCO. The summed E-state index contributed by atoms with van der Waals surface area (Å²) >= 11 is 0. The average Bonchev–Trinajstić information content (AvgIpc) is 2.69. The minimum absolute atomic E-state index is 0.367. The fourth-order valence-corrected chi connectivity index (χ4v) is 2.68. The molecule has 0 aliphatic heterocycles. The molecule has 0 saturated heterocycles. The molecule has 0 radical (unpaired) electrons. The van der Waals surface area contributed by atoms with E-state index in [4.69, 9.17) is 15.3 Å². The van der Waals surface area contributed by atoms with Crippen molar-refractivity contribution in [1.82, 2.24) is 0 Å².